The van der Waals surface area contributed by atoms with Crippen molar-refractivity contribution in [2.45, 2.75) is 37.8 Å². The average molecular weight is 539 g/mol. The lowest BCUT2D eigenvalue weighted by Gasteiger charge is -2.33. The van der Waals surface area contributed by atoms with Crippen LogP contribution in [0, 0.1) is 10.1 Å². The maximum absolute atomic E-state index is 13.5. The molecule has 4 rings (SSSR count). The highest BCUT2D eigenvalue weighted by molar-refractivity contribution is 7.98. The summed E-state index contributed by atoms with van der Waals surface area (Å²) in [5.74, 6) is -0.639. The molecular formula is C26H26N4O5S2. The highest BCUT2D eigenvalue weighted by atomic mass is 32.2. The second-order valence-corrected chi connectivity index (χ2v) is 10.5. The van der Waals surface area contributed by atoms with Crippen LogP contribution in [0.4, 0.5) is 5.69 Å². The summed E-state index contributed by atoms with van der Waals surface area (Å²) in [6.45, 7) is 4.29. The zero-order valence-corrected chi connectivity index (χ0v) is 22.2. The van der Waals surface area contributed by atoms with Crippen LogP contribution in [0.15, 0.2) is 64.6 Å². The van der Waals surface area contributed by atoms with E-state index < -0.39 is 11.0 Å². The van der Waals surface area contributed by atoms with Gasteiger partial charge in [-0.15, -0.1) is 23.1 Å². The molecular weight excluding hydrogens is 512 g/mol. The van der Waals surface area contributed by atoms with Crippen LogP contribution >= 0.6 is 23.1 Å². The molecule has 37 heavy (non-hydrogen) atoms. The van der Waals surface area contributed by atoms with Crippen molar-refractivity contribution in [2.24, 2.45) is 5.10 Å². The summed E-state index contributed by atoms with van der Waals surface area (Å²) in [6.07, 6.45) is 2.73. The quantitative estimate of drug-likeness (QED) is 0.142. The van der Waals surface area contributed by atoms with Crippen LogP contribution < -0.4 is 10.2 Å². The third kappa shape index (κ3) is 6.43. The van der Waals surface area contributed by atoms with E-state index in [4.69, 9.17) is 4.74 Å². The minimum absolute atomic E-state index is 0.0101. The van der Waals surface area contributed by atoms with Gasteiger partial charge < -0.3 is 4.74 Å². The van der Waals surface area contributed by atoms with Crippen molar-refractivity contribution in [1.82, 2.24) is 10.3 Å². The Labute approximate surface area is 222 Å². The van der Waals surface area contributed by atoms with E-state index in [1.54, 1.807) is 30.8 Å². The molecule has 2 aromatic carbocycles. The number of nitrogens with zero attached hydrogens (tertiary/aromatic N) is 3. The van der Waals surface area contributed by atoms with Gasteiger partial charge in [0.25, 0.3) is 11.6 Å². The number of carbonyl (C=O) groups is 2. The smallest absolute Gasteiger partial charge is 0.308 e. The monoisotopic (exact) mass is 538 g/mol. The molecule has 0 fully saturated rings. The van der Waals surface area contributed by atoms with Crippen molar-refractivity contribution >= 4 is 46.4 Å². The van der Waals surface area contributed by atoms with Gasteiger partial charge in [-0.05, 0) is 66.6 Å². The molecule has 2 heterocycles. The summed E-state index contributed by atoms with van der Waals surface area (Å²) in [6, 6.07) is 15.2. The number of carbonyl (C=O) groups excluding carboxylic acids is 2. The molecule has 0 spiro atoms. The normalized spacial score (nSPS) is 14.5. The maximum atomic E-state index is 13.5. The number of hydrazone groups is 1. The number of nitrogens with one attached hydrogen (secondary N) is 1. The number of ether oxygens (including phenoxy) is 1. The zero-order chi connectivity index (χ0) is 26.5. The summed E-state index contributed by atoms with van der Waals surface area (Å²) in [4.78, 5) is 39.7. The fourth-order valence-electron chi connectivity index (χ4n) is 4.14. The molecule has 1 amide bonds. The Kier molecular flexibility index (Phi) is 8.37. The van der Waals surface area contributed by atoms with Gasteiger partial charge in [0.15, 0.2) is 5.06 Å². The predicted molar refractivity (Wildman–Crippen MR) is 144 cm³/mol. The van der Waals surface area contributed by atoms with Crippen LogP contribution in [0.25, 0.3) is 0 Å². The minimum atomic E-state index is -0.588. The molecule has 0 bridgehead atoms. The number of hydrogen-bond donors (Lipinski definition) is 1. The van der Waals surface area contributed by atoms with E-state index in [0.29, 0.717) is 29.4 Å². The molecule has 1 atom stereocenters. The van der Waals surface area contributed by atoms with Crippen molar-refractivity contribution < 1.29 is 19.2 Å². The summed E-state index contributed by atoms with van der Waals surface area (Å²) in [5, 5.41) is 15.8. The van der Waals surface area contributed by atoms with Crippen LogP contribution in [0.1, 0.15) is 41.5 Å². The summed E-state index contributed by atoms with van der Waals surface area (Å²) in [7, 11) is 0. The second kappa shape index (κ2) is 11.7. The Morgan fingerprint density at radius 2 is 1.86 bits per heavy atom. The molecule has 1 aromatic heterocycles. The molecule has 1 unspecified atom stereocenters. The van der Waals surface area contributed by atoms with Gasteiger partial charge in [-0.2, -0.15) is 5.10 Å². The van der Waals surface area contributed by atoms with Gasteiger partial charge in [-0.25, -0.2) is 5.43 Å². The number of non-ortho nitro benzene ring substituents is 1. The molecule has 0 saturated carbocycles. The number of nitro benzene ring substituents is 1. The Morgan fingerprint density at radius 1 is 1.16 bits per heavy atom. The molecule has 192 valence electrons. The molecule has 1 N–H and O–H groups in total. The average Bonchev–Trinajstić information content (AvgIpc) is 3.28. The molecule has 9 nitrogen and oxygen atoms in total. The Bertz CT molecular complexity index is 1340. The SMILES string of the molecule is CSc1ccc(C(C(=O)N/N=C(\C)c2ccc([N+](=O)[O-])cc2)N2CCc3sc(OC(C)=O)cc3C2)cc1. The van der Waals surface area contributed by atoms with E-state index >= 15 is 0 Å². The van der Waals surface area contributed by atoms with Gasteiger partial charge in [0.05, 0.1) is 10.6 Å². The van der Waals surface area contributed by atoms with E-state index in [9.17, 15) is 19.7 Å². The number of esters is 1. The largest absolute Gasteiger partial charge is 0.416 e. The molecule has 11 heteroatoms. The predicted octanol–water partition coefficient (Wildman–Crippen LogP) is 4.94. The van der Waals surface area contributed by atoms with Crippen LogP contribution in [0.5, 0.6) is 5.06 Å². The highest BCUT2D eigenvalue weighted by Crippen LogP contribution is 2.36. The standard InChI is InChI=1S/C26H26N4O5S2/c1-16(18-4-8-21(9-5-18)30(33)34)27-28-26(32)25(19-6-10-22(36-3)11-7-19)29-13-12-23-20(15-29)14-24(37-23)35-17(2)31/h4-11,14,25H,12-13,15H2,1-3H3,(H,28,32)/b27-16+. The Hall–Kier alpha value is -3.54. The first-order chi connectivity index (χ1) is 17.7. The van der Waals surface area contributed by atoms with Crippen LogP contribution in [0.2, 0.25) is 0 Å². The second-order valence-electron chi connectivity index (χ2n) is 8.48. The van der Waals surface area contributed by atoms with Crippen molar-refractivity contribution in [3.8, 4) is 5.06 Å². The summed E-state index contributed by atoms with van der Waals surface area (Å²) < 4.78 is 5.27. The number of thiophene rings is 1. The van der Waals surface area contributed by atoms with Gasteiger partial charge >= 0.3 is 5.97 Å². The molecule has 1 aliphatic heterocycles. The van der Waals surface area contributed by atoms with Gasteiger partial charge in [-0.3, -0.25) is 24.6 Å². The lowest BCUT2D eigenvalue weighted by molar-refractivity contribution is -0.384. The van der Waals surface area contributed by atoms with Crippen molar-refractivity contribution in [3.05, 3.63) is 86.3 Å². The number of thioether (sulfide) groups is 1. The van der Waals surface area contributed by atoms with Crippen molar-refractivity contribution in [2.75, 3.05) is 12.8 Å². The first-order valence-electron chi connectivity index (χ1n) is 11.5. The first-order valence-corrected chi connectivity index (χ1v) is 13.6. The van der Waals surface area contributed by atoms with Crippen molar-refractivity contribution in [3.63, 3.8) is 0 Å². The number of hydrogen-bond acceptors (Lipinski definition) is 9. The number of benzene rings is 2. The van der Waals surface area contributed by atoms with Crippen LogP contribution in [0.3, 0.4) is 0 Å². The van der Waals surface area contributed by atoms with E-state index in [2.05, 4.69) is 15.4 Å². The molecule has 0 aliphatic carbocycles. The van der Waals surface area contributed by atoms with Crippen LogP contribution in [-0.2, 0) is 22.6 Å². The van der Waals surface area contributed by atoms with Crippen molar-refractivity contribution in [1.29, 1.82) is 0 Å². The van der Waals surface area contributed by atoms with Gasteiger partial charge in [0, 0.05) is 41.9 Å². The van der Waals surface area contributed by atoms with Crippen LogP contribution in [-0.4, -0.2) is 40.2 Å². The molecule has 1 aliphatic rings. The number of amides is 1. The topological polar surface area (TPSA) is 114 Å². The van der Waals surface area contributed by atoms with E-state index in [1.165, 1.54) is 30.4 Å². The van der Waals surface area contributed by atoms with E-state index in [-0.39, 0.29) is 17.6 Å². The van der Waals surface area contributed by atoms with E-state index in [1.807, 2.05) is 36.6 Å². The fourth-order valence-corrected chi connectivity index (χ4v) is 5.60. The fraction of sp³-hybridized carbons (Fsp3) is 0.269. The molecule has 3 aromatic rings. The first kappa shape index (κ1) is 26.5. The van der Waals surface area contributed by atoms with Gasteiger partial charge in [0.1, 0.15) is 6.04 Å². The van der Waals surface area contributed by atoms with Gasteiger partial charge in [0.2, 0.25) is 0 Å². The minimum Gasteiger partial charge on any atom is -0.416 e. The zero-order valence-electron chi connectivity index (χ0n) is 20.6. The third-order valence-corrected chi connectivity index (χ3v) is 7.85. The lowest BCUT2D eigenvalue weighted by Crippen LogP contribution is -2.41. The van der Waals surface area contributed by atoms with E-state index in [0.717, 1.165) is 27.3 Å². The number of nitro groups is 1. The summed E-state index contributed by atoms with van der Waals surface area (Å²) >= 11 is 3.09. The summed E-state index contributed by atoms with van der Waals surface area (Å²) in [5.41, 5.74) is 5.78. The van der Waals surface area contributed by atoms with Gasteiger partial charge in [-0.1, -0.05) is 12.1 Å². The lowest BCUT2D eigenvalue weighted by atomic mass is 10.0. The molecule has 0 radical (unpaired) electrons. The Morgan fingerprint density at radius 3 is 2.49 bits per heavy atom. The third-order valence-electron chi connectivity index (χ3n) is 5.99. The Balaban J connectivity index is 1.57. The maximum Gasteiger partial charge on any atom is 0.308 e. The highest BCUT2D eigenvalue weighted by Gasteiger charge is 2.31. The number of fused-ring (bicyclic) bond motifs is 1. The molecule has 0 saturated heterocycles. The number of rotatable bonds is 8.